The van der Waals surface area contributed by atoms with Crippen LogP contribution in [-0.4, -0.2) is 16.0 Å². The van der Waals surface area contributed by atoms with Crippen molar-refractivity contribution in [2.75, 3.05) is 0 Å². The van der Waals surface area contributed by atoms with Gasteiger partial charge in [0.15, 0.2) is 5.69 Å². The second-order valence-electron chi connectivity index (χ2n) is 4.35. The van der Waals surface area contributed by atoms with Gasteiger partial charge in [0.2, 0.25) is 0 Å². The van der Waals surface area contributed by atoms with Gasteiger partial charge in [0.1, 0.15) is 23.8 Å². The summed E-state index contributed by atoms with van der Waals surface area (Å²) in [5, 5.41) is 11.7. The second kappa shape index (κ2) is 5.17. The van der Waals surface area contributed by atoms with E-state index in [-0.39, 0.29) is 12.4 Å². The first-order valence-corrected chi connectivity index (χ1v) is 6.08. The third-order valence-electron chi connectivity index (χ3n) is 2.95. The zero-order valence-corrected chi connectivity index (χ0v) is 10.2. The summed E-state index contributed by atoms with van der Waals surface area (Å²) in [7, 11) is 0. The number of aromatic nitrogens is 2. The van der Waals surface area contributed by atoms with E-state index in [0.717, 1.165) is 36.2 Å². The first kappa shape index (κ1) is 11.8. The molecule has 5 nitrogen and oxygen atoms in total. The van der Waals surface area contributed by atoms with Crippen LogP contribution in [-0.2, 0) is 17.9 Å². The minimum atomic E-state index is -0.283. The summed E-state index contributed by atoms with van der Waals surface area (Å²) in [4.78, 5) is 5.25. The number of nitrogens with zero attached hydrogens (tertiary/aromatic N) is 3. The summed E-state index contributed by atoms with van der Waals surface area (Å²) >= 11 is 0. The first-order valence-electron chi connectivity index (χ1n) is 6.08. The Kier molecular flexibility index (Phi) is 3.22. The maximum absolute atomic E-state index is 13.0. The number of halogens is 1. The van der Waals surface area contributed by atoms with E-state index in [2.05, 4.69) is 15.5 Å². The predicted octanol–water partition coefficient (Wildman–Crippen LogP) is 2.47. The second-order valence-corrected chi connectivity index (χ2v) is 4.35. The summed E-state index contributed by atoms with van der Waals surface area (Å²) in [6.45, 7) is 0.224. The fourth-order valence-corrected chi connectivity index (χ4v) is 2.03. The number of fused-ring (bicyclic) bond motifs is 1. The highest BCUT2D eigenvalue weighted by Gasteiger charge is 2.21. The van der Waals surface area contributed by atoms with Crippen molar-refractivity contribution in [2.45, 2.75) is 25.9 Å². The molecule has 1 aromatic heterocycles. The average molecular weight is 261 g/mol. The minimum absolute atomic E-state index is 0.224. The number of aryl methyl sites for hydroxylation is 1. The van der Waals surface area contributed by atoms with E-state index >= 15 is 0 Å². The Labute approximate surface area is 109 Å². The van der Waals surface area contributed by atoms with Gasteiger partial charge in [0.05, 0.1) is 0 Å². The Hall–Kier alpha value is -2.24. The van der Waals surface area contributed by atoms with Crippen LogP contribution in [0.3, 0.4) is 0 Å². The van der Waals surface area contributed by atoms with Gasteiger partial charge in [0.25, 0.3) is 0 Å². The van der Waals surface area contributed by atoms with Crippen LogP contribution in [0.25, 0.3) is 0 Å². The minimum Gasteiger partial charge on any atom is -0.391 e. The van der Waals surface area contributed by atoms with E-state index < -0.39 is 0 Å². The first-order chi connectivity index (χ1) is 9.33. The maximum atomic E-state index is 13.0. The van der Waals surface area contributed by atoms with Crippen molar-refractivity contribution in [3.05, 3.63) is 47.0 Å². The van der Waals surface area contributed by atoms with E-state index in [9.17, 15) is 4.39 Å². The molecule has 2 aromatic rings. The number of benzene rings is 1. The van der Waals surface area contributed by atoms with E-state index in [4.69, 9.17) is 9.47 Å². The molecule has 0 bridgehead atoms. The molecule has 1 heterocycles. The molecule has 1 aromatic carbocycles. The Morgan fingerprint density at radius 3 is 3.16 bits per heavy atom. The van der Waals surface area contributed by atoms with Crippen molar-refractivity contribution >= 4 is 5.71 Å². The fraction of sp³-hybridized carbons (Fsp3) is 0.308. The van der Waals surface area contributed by atoms with Crippen molar-refractivity contribution in [1.82, 2.24) is 10.3 Å². The highest BCUT2D eigenvalue weighted by molar-refractivity contribution is 6.00. The van der Waals surface area contributed by atoms with Crippen LogP contribution in [0.5, 0.6) is 0 Å². The summed E-state index contributed by atoms with van der Waals surface area (Å²) in [6.07, 6.45) is 2.58. The molecule has 0 atom stereocenters. The van der Waals surface area contributed by atoms with Crippen molar-refractivity contribution in [3.8, 4) is 0 Å². The van der Waals surface area contributed by atoms with Gasteiger partial charge in [-0.2, -0.15) is 0 Å². The van der Waals surface area contributed by atoms with E-state index in [1.54, 1.807) is 12.1 Å². The average Bonchev–Trinajstić information content (AvgIpc) is 2.88. The maximum Gasteiger partial charge on any atom is 0.155 e. The number of rotatable bonds is 3. The predicted molar refractivity (Wildman–Crippen MR) is 65.0 cm³/mol. The van der Waals surface area contributed by atoms with Crippen LogP contribution in [0.2, 0.25) is 0 Å². The van der Waals surface area contributed by atoms with Gasteiger partial charge < -0.3 is 4.84 Å². The van der Waals surface area contributed by atoms with Gasteiger partial charge in [-0.15, -0.1) is 0 Å². The van der Waals surface area contributed by atoms with Crippen LogP contribution in [0.1, 0.15) is 29.8 Å². The van der Waals surface area contributed by atoms with Gasteiger partial charge in [0, 0.05) is 0 Å². The molecule has 0 saturated carbocycles. The van der Waals surface area contributed by atoms with Crippen molar-refractivity contribution in [2.24, 2.45) is 5.16 Å². The Bertz CT molecular complexity index is 609. The quantitative estimate of drug-likeness (QED) is 0.796. The highest BCUT2D eigenvalue weighted by atomic mass is 19.1. The molecule has 0 unspecified atom stereocenters. The lowest BCUT2D eigenvalue weighted by Gasteiger charge is -2.09. The Balaban J connectivity index is 1.68. The largest absolute Gasteiger partial charge is 0.391 e. The fourth-order valence-electron chi connectivity index (χ4n) is 2.03. The summed E-state index contributed by atoms with van der Waals surface area (Å²) < 4.78 is 17.7. The molecule has 98 valence electrons. The van der Waals surface area contributed by atoms with Gasteiger partial charge in [-0.3, -0.25) is 0 Å². The van der Waals surface area contributed by atoms with Crippen molar-refractivity contribution in [3.63, 3.8) is 0 Å². The van der Waals surface area contributed by atoms with Crippen molar-refractivity contribution in [1.29, 1.82) is 0 Å². The molecule has 1 aliphatic rings. The molecular formula is C13H12FN3O2. The van der Waals surface area contributed by atoms with Crippen LogP contribution in [0, 0.1) is 5.82 Å². The van der Waals surface area contributed by atoms with Gasteiger partial charge in [-0.25, -0.2) is 9.02 Å². The molecule has 0 aliphatic heterocycles. The third-order valence-corrected chi connectivity index (χ3v) is 2.95. The monoisotopic (exact) mass is 261 g/mol. The normalized spacial score (nSPS) is 16.4. The molecule has 0 fully saturated rings. The topological polar surface area (TPSA) is 60.5 Å². The number of oxime groups is 1. The van der Waals surface area contributed by atoms with E-state index in [1.807, 2.05) is 0 Å². The highest BCUT2D eigenvalue weighted by Crippen LogP contribution is 2.18. The summed E-state index contributed by atoms with van der Waals surface area (Å²) in [5.74, 6) is -0.283. The molecular weight excluding hydrogens is 249 g/mol. The lowest BCUT2D eigenvalue weighted by molar-refractivity contribution is 0.129. The van der Waals surface area contributed by atoms with Gasteiger partial charge in [-0.1, -0.05) is 22.4 Å². The van der Waals surface area contributed by atoms with Gasteiger partial charge >= 0.3 is 0 Å². The van der Waals surface area contributed by atoms with E-state index in [0.29, 0.717) is 5.69 Å². The number of hydrogen-bond donors (Lipinski definition) is 0. The molecule has 6 heteroatoms. The van der Waals surface area contributed by atoms with Crippen LogP contribution in [0.15, 0.2) is 34.1 Å². The molecule has 0 amide bonds. The van der Waals surface area contributed by atoms with Crippen LogP contribution in [0.4, 0.5) is 4.39 Å². The molecule has 0 radical (unpaired) electrons. The van der Waals surface area contributed by atoms with Gasteiger partial charge in [-0.05, 0) is 42.1 Å². The summed E-state index contributed by atoms with van der Waals surface area (Å²) in [6, 6.07) is 6.24. The molecule has 19 heavy (non-hydrogen) atoms. The van der Waals surface area contributed by atoms with Crippen LogP contribution < -0.4 is 0 Å². The van der Waals surface area contributed by atoms with Crippen molar-refractivity contribution < 1.29 is 13.9 Å². The zero-order valence-electron chi connectivity index (χ0n) is 10.2. The molecule has 3 rings (SSSR count). The molecule has 0 N–H and O–H groups in total. The molecule has 0 spiro atoms. The summed E-state index contributed by atoms with van der Waals surface area (Å²) in [5.41, 5.74) is 2.96. The zero-order chi connectivity index (χ0) is 13.1. The molecule has 1 aliphatic carbocycles. The smallest absolute Gasteiger partial charge is 0.155 e. The number of hydrogen-bond acceptors (Lipinski definition) is 5. The lowest BCUT2D eigenvalue weighted by atomic mass is 9.99. The Morgan fingerprint density at radius 1 is 1.32 bits per heavy atom. The van der Waals surface area contributed by atoms with Crippen LogP contribution >= 0.6 is 0 Å². The van der Waals surface area contributed by atoms with E-state index in [1.165, 1.54) is 12.1 Å². The standard InChI is InChI=1S/C13H12FN3O2/c14-10-4-1-3-9(7-10)8-18-15-11-5-2-6-12-13(11)17-19-16-12/h1,3-4,7H,2,5-6,8H2/b15-11+. The Morgan fingerprint density at radius 2 is 2.26 bits per heavy atom. The third kappa shape index (κ3) is 2.62. The molecule has 0 saturated heterocycles. The lowest BCUT2D eigenvalue weighted by Crippen LogP contribution is -2.12. The SMILES string of the molecule is Fc1cccc(CO/N=C2\CCCc3nonc32)c1.